The molecule has 0 spiro atoms. The lowest BCUT2D eigenvalue weighted by molar-refractivity contribution is 0.700. The molecule has 2 aromatic rings. The van der Waals surface area contributed by atoms with Crippen LogP contribution in [0.2, 0.25) is 0 Å². The van der Waals surface area contributed by atoms with E-state index < -0.39 is 0 Å². The van der Waals surface area contributed by atoms with Crippen molar-refractivity contribution in [2.75, 3.05) is 0 Å². The molecule has 0 fully saturated rings. The molecule has 2 heteroatoms. The smallest absolute Gasteiger partial charge is 0.0302 e. The quantitative estimate of drug-likeness (QED) is 0.834. The van der Waals surface area contributed by atoms with Crippen LogP contribution in [0.3, 0.4) is 0 Å². The Balaban J connectivity index is 1.83. The van der Waals surface area contributed by atoms with E-state index in [-0.39, 0.29) is 0 Å². The van der Waals surface area contributed by atoms with Crippen LogP contribution in [-0.2, 0) is 13.1 Å². The van der Waals surface area contributed by atoms with E-state index in [1.54, 1.807) is 11.3 Å². The molecule has 0 radical (unpaired) electrons. The molecule has 0 saturated heterocycles. The summed E-state index contributed by atoms with van der Waals surface area (Å²) in [6.45, 7) is 6.36. The summed E-state index contributed by atoms with van der Waals surface area (Å²) in [7, 11) is 0. The highest BCUT2D eigenvalue weighted by Crippen LogP contribution is 2.14. The number of hydrogen-bond donors (Lipinski definition) is 1. The van der Waals surface area contributed by atoms with E-state index in [0.29, 0.717) is 5.92 Å². The Bertz CT molecular complexity index is 428. The van der Waals surface area contributed by atoms with E-state index in [2.05, 4.69) is 60.9 Å². The molecular weight excluding hydrogens is 226 g/mol. The van der Waals surface area contributed by atoms with Crippen LogP contribution >= 0.6 is 11.3 Å². The van der Waals surface area contributed by atoms with Gasteiger partial charge in [0.1, 0.15) is 0 Å². The lowest BCUT2D eigenvalue weighted by Crippen LogP contribution is -2.11. The van der Waals surface area contributed by atoms with E-state index in [4.69, 9.17) is 0 Å². The van der Waals surface area contributed by atoms with Crippen LogP contribution in [0.4, 0.5) is 0 Å². The molecule has 0 atom stereocenters. The van der Waals surface area contributed by atoms with Crippen molar-refractivity contribution in [1.29, 1.82) is 0 Å². The van der Waals surface area contributed by atoms with Gasteiger partial charge >= 0.3 is 0 Å². The molecule has 1 N–H and O–H groups in total. The fourth-order valence-corrected chi connectivity index (χ4v) is 2.44. The summed E-state index contributed by atoms with van der Waals surface area (Å²) < 4.78 is 0. The second-order valence-corrected chi connectivity index (χ2v) is 5.61. The maximum Gasteiger partial charge on any atom is 0.0302 e. The van der Waals surface area contributed by atoms with Crippen LogP contribution in [0.5, 0.6) is 0 Å². The number of nitrogens with one attached hydrogen (secondary N) is 1. The lowest BCUT2D eigenvalue weighted by atomic mass is 10.0. The fourth-order valence-electron chi connectivity index (χ4n) is 1.76. The Morgan fingerprint density at radius 1 is 1.06 bits per heavy atom. The first-order valence-electron chi connectivity index (χ1n) is 6.07. The molecule has 0 bridgehead atoms. The molecule has 0 aliphatic rings. The highest BCUT2D eigenvalue weighted by Gasteiger charge is 1.99. The summed E-state index contributed by atoms with van der Waals surface area (Å²) in [5.74, 6) is 0.614. The van der Waals surface area contributed by atoms with Gasteiger partial charge in [-0.2, -0.15) is 0 Å². The van der Waals surface area contributed by atoms with Crippen molar-refractivity contribution in [1.82, 2.24) is 5.32 Å². The van der Waals surface area contributed by atoms with E-state index in [1.165, 1.54) is 16.0 Å². The molecule has 90 valence electrons. The first-order valence-corrected chi connectivity index (χ1v) is 6.95. The molecule has 0 aliphatic carbocycles. The molecule has 0 unspecified atom stereocenters. The van der Waals surface area contributed by atoms with Crippen molar-refractivity contribution in [3.8, 4) is 0 Å². The third-order valence-corrected chi connectivity index (χ3v) is 3.73. The number of benzene rings is 1. The Morgan fingerprint density at radius 3 is 2.41 bits per heavy atom. The molecule has 0 saturated carbocycles. The van der Waals surface area contributed by atoms with Crippen molar-refractivity contribution < 1.29 is 0 Å². The second kappa shape index (κ2) is 5.99. The van der Waals surface area contributed by atoms with E-state index >= 15 is 0 Å². The van der Waals surface area contributed by atoms with Crippen molar-refractivity contribution >= 4 is 11.3 Å². The van der Waals surface area contributed by atoms with Crippen molar-refractivity contribution in [3.63, 3.8) is 0 Å². The van der Waals surface area contributed by atoms with Crippen LogP contribution in [0.15, 0.2) is 41.8 Å². The Morgan fingerprint density at radius 2 is 1.82 bits per heavy atom. The molecular formula is C15H19NS. The molecule has 1 aromatic carbocycles. The lowest BCUT2D eigenvalue weighted by Gasteiger charge is -2.07. The van der Waals surface area contributed by atoms with Gasteiger partial charge in [-0.05, 0) is 28.5 Å². The van der Waals surface area contributed by atoms with Gasteiger partial charge in [0.05, 0.1) is 0 Å². The van der Waals surface area contributed by atoms with E-state index in [9.17, 15) is 0 Å². The van der Waals surface area contributed by atoms with Crippen molar-refractivity contribution in [2.45, 2.75) is 32.9 Å². The predicted octanol–water partition coefficient (Wildman–Crippen LogP) is 4.16. The van der Waals surface area contributed by atoms with Gasteiger partial charge < -0.3 is 5.32 Å². The topological polar surface area (TPSA) is 12.0 Å². The Kier molecular flexibility index (Phi) is 4.35. The first kappa shape index (κ1) is 12.3. The van der Waals surface area contributed by atoms with Gasteiger partial charge in [0.15, 0.2) is 0 Å². The standard InChI is InChI=1S/C15H19NS/c1-12(2)14-7-5-13(6-8-14)10-16-11-15-4-3-9-17-15/h3-9,12,16H,10-11H2,1-2H3. The van der Waals surface area contributed by atoms with Crippen LogP contribution in [0.25, 0.3) is 0 Å². The van der Waals surface area contributed by atoms with Crippen molar-refractivity contribution in [2.24, 2.45) is 0 Å². The molecule has 17 heavy (non-hydrogen) atoms. The number of rotatable bonds is 5. The van der Waals surface area contributed by atoms with Crippen LogP contribution < -0.4 is 5.32 Å². The molecule has 1 heterocycles. The normalized spacial score (nSPS) is 11.0. The third-order valence-electron chi connectivity index (χ3n) is 2.85. The Labute approximate surface area is 108 Å². The predicted molar refractivity (Wildman–Crippen MR) is 75.4 cm³/mol. The fraction of sp³-hybridized carbons (Fsp3) is 0.333. The van der Waals surface area contributed by atoms with Crippen LogP contribution in [0.1, 0.15) is 35.8 Å². The summed E-state index contributed by atoms with van der Waals surface area (Å²) in [6.07, 6.45) is 0. The highest BCUT2D eigenvalue weighted by molar-refractivity contribution is 7.09. The summed E-state index contributed by atoms with van der Waals surface area (Å²) in [5, 5.41) is 5.58. The number of thiophene rings is 1. The average molecular weight is 245 g/mol. The van der Waals surface area contributed by atoms with Crippen molar-refractivity contribution in [3.05, 3.63) is 57.8 Å². The summed E-state index contributed by atoms with van der Waals surface area (Å²) in [6, 6.07) is 13.2. The molecule has 0 amide bonds. The summed E-state index contributed by atoms with van der Waals surface area (Å²) in [5.41, 5.74) is 2.76. The molecule has 2 rings (SSSR count). The minimum Gasteiger partial charge on any atom is -0.308 e. The summed E-state index contributed by atoms with van der Waals surface area (Å²) in [4.78, 5) is 1.39. The second-order valence-electron chi connectivity index (χ2n) is 4.58. The van der Waals surface area contributed by atoms with Crippen LogP contribution in [0, 0.1) is 0 Å². The minimum absolute atomic E-state index is 0.614. The maximum absolute atomic E-state index is 3.46. The molecule has 1 nitrogen and oxygen atoms in total. The largest absolute Gasteiger partial charge is 0.308 e. The maximum atomic E-state index is 3.46. The molecule has 1 aromatic heterocycles. The van der Waals surface area contributed by atoms with Gasteiger partial charge in [-0.1, -0.05) is 44.2 Å². The Hall–Kier alpha value is -1.12. The average Bonchev–Trinajstić information content (AvgIpc) is 2.83. The first-order chi connectivity index (χ1) is 8.25. The zero-order valence-electron chi connectivity index (χ0n) is 10.4. The minimum atomic E-state index is 0.614. The van der Waals surface area contributed by atoms with Gasteiger partial charge in [0.25, 0.3) is 0 Å². The third kappa shape index (κ3) is 3.69. The van der Waals surface area contributed by atoms with E-state index in [0.717, 1.165) is 13.1 Å². The van der Waals surface area contributed by atoms with Gasteiger partial charge in [-0.3, -0.25) is 0 Å². The monoisotopic (exact) mass is 245 g/mol. The zero-order valence-corrected chi connectivity index (χ0v) is 11.3. The number of hydrogen-bond acceptors (Lipinski definition) is 2. The highest BCUT2D eigenvalue weighted by atomic mass is 32.1. The SMILES string of the molecule is CC(C)c1ccc(CNCc2cccs2)cc1. The van der Waals surface area contributed by atoms with Gasteiger partial charge in [0.2, 0.25) is 0 Å². The van der Waals surface area contributed by atoms with Gasteiger partial charge in [-0.15, -0.1) is 11.3 Å². The van der Waals surface area contributed by atoms with Gasteiger partial charge in [-0.25, -0.2) is 0 Å². The van der Waals surface area contributed by atoms with Crippen LogP contribution in [-0.4, -0.2) is 0 Å². The zero-order chi connectivity index (χ0) is 12.1. The van der Waals surface area contributed by atoms with E-state index in [1.807, 2.05) is 0 Å². The summed E-state index contributed by atoms with van der Waals surface area (Å²) >= 11 is 1.80. The van der Waals surface area contributed by atoms with Gasteiger partial charge in [0, 0.05) is 18.0 Å². The molecule has 0 aliphatic heterocycles.